The molecule has 0 aromatic rings. The van der Waals surface area contributed by atoms with E-state index >= 15 is 0 Å². The molecular formula is C19H30. The topological polar surface area (TPSA) is 0 Å². The molecule has 1 aliphatic rings. The maximum atomic E-state index is 4.27. The molecule has 0 heteroatoms. The Morgan fingerprint density at radius 2 is 2.21 bits per heavy atom. The average molecular weight is 258 g/mol. The monoisotopic (exact) mass is 258 g/mol. The van der Waals surface area contributed by atoms with E-state index in [0.717, 1.165) is 12.8 Å². The Hall–Kier alpha value is -1.04. The third-order valence-electron chi connectivity index (χ3n) is 4.16. The van der Waals surface area contributed by atoms with Crippen molar-refractivity contribution in [3.8, 4) is 0 Å². The summed E-state index contributed by atoms with van der Waals surface area (Å²) in [4.78, 5) is 0. The SMILES string of the molecule is C=C(CC/C=C\C)C1=CC(C)/C(=C\C(C)CC)CC1. The summed E-state index contributed by atoms with van der Waals surface area (Å²) in [6.45, 7) is 13.2. The van der Waals surface area contributed by atoms with E-state index in [-0.39, 0.29) is 0 Å². The van der Waals surface area contributed by atoms with Crippen LogP contribution in [-0.4, -0.2) is 0 Å². The molecule has 0 spiro atoms. The van der Waals surface area contributed by atoms with Crippen LogP contribution in [0.1, 0.15) is 59.8 Å². The Bertz CT molecular complexity index is 379. The van der Waals surface area contributed by atoms with Crippen LogP contribution in [-0.2, 0) is 0 Å². The first-order chi connectivity index (χ1) is 9.08. The molecular weight excluding hydrogens is 228 g/mol. The van der Waals surface area contributed by atoms with Gasteiger partial charge >= 0.3 is 0 Å². The fourth-order valence-corrected chi connectivity index (χ4v) is 2.60. The van der Waals surface area contributed by atoms with Crippen molar-refractivity contribution in [3.05, 3.63) is 47.6 Å². The van der Waals surface area contributed by atoms with Crippen LogP contribution >= 0.6 is 0 Å². The second kappa shape index (κ2) is 8.19. The summed E-state index contributed by atoms with van der Waals surface area (Å²) in [6, 6.07) is 0. The molecule has 106 valence electrons. The minimum absolute atomic E-state index is 0.594. The fraction of sp³-hybridized carbons (Fsp3) is 0.579. The zero-order valence-electron chi connectivity index (χ0n) is 13.2. The van der Waals surface area contributed by atoms with Crippen LogP contribution in [0.25, 0.3) is 0 Å². The van der Waals surface area contributed by atoms with Crippen molar-refractivity contribution in [2.45, 2.75) is 59.8 Å². The highest BCUT2D eigenvalue weighted by Gasteiger charge is 2.16. The molecule has 0 aromatic carbocycles. The smallest absolute Gasteiger partial charge is 0.00455 e. The lowest BCUT2D eigenvalue weighted by molar-refractivity contribution is 0.650. The van der Waals surface area contributed by atoms with Crippen molar-refractivity contribution >= 4 is 0 Å². The molecule has 0 nitrogen and oxygen atoms in total. The van der Waals surface area contributed by atoms with E-state index in [1.54, 1.807) is 5.57 Å². The maximum Gasteiger partial charge on any atom is -0.00455 e. The molecule has 0 saturated heterocycles. The van der Waals surface area contributed by atoms with Crippen molar-refractivity contribution in [1.82, 2.24) is 0 Å². The Labute approximate surface area is 120 Å². The second-order valence-electron chi connectivity index (χ2n) is 5.82. The van der Waals surface area contributed by atoms with Crippen molar-refractivity contribution in [2.75, 3.05) is 0 Å². The van der Waals surface area contributed by atoms with Gasteiger partial charge in [0.05, 0.1) is 0 Å². The van der Waals surface area contributed by atoms with Crippen LogP contribution in [0.5, 0.6) is 0 Å². The molecule has 0 amide bonds. The zero-order chi connectivity index (χ0) is 14.3. The molecule has 1 aliphatic carbocycles. The van der Waals surface area contributed by atoms with E-state index in [0.29, 0.717) is 11.8 Å². The van der Waals surface area contributed by atoms with Crippen molar-refractivity contribution in [1.29, 1.82) is 0 Å². The predicted molar refractivity (Wildman–Crippen MR) is 87.2 cm³/mol. The first kappa shape index (κ1) is 16.0. The lowest BCUT2D eigenvalue weighted by Gasteiger charge is -2.24. The normalized spacial score (nSPS) is 23.7. The van der Waals surface area contributed by atoms with Crippen LogP contribution in [0, 0.1) is 11.8 Å². The summed E-state index contributed by atoms with van der Waals surface area (Å²) in [6.07, 6.45) is 15.1. The molecule has 0 bridgehead atoms. The predicted octanol–water partition coefficient (Wildman–Crippen LogP) is 6.23. The highest BCUT2D eigenvalue weighted by Crippen LogP contribution is 2.33. The fourth-order valence-electron chi connectivity index (χ4n) is 2.60. The van der Waals surface area contributed by atoms with Gasteiger partial charge < -0.3 is 0 Å². The number of hydrogen-bond acceptors (Lipinski definition) is 0. The minimum Gasteiger partial charge on any atom is -0.0956 e. The number of allylic oxidation sites excluding steroid dienone is 7. The molecule has 0 saturated carbocycles. The summed E-state index contributed by atoms with van der Waals surface area (Å²) in [7, 11) is 0. The van der Waals surface area contributed by atoms with Gasteiger partial charge in [-0.2, -0.15) is 0 Å². The van der Waals surface area contributed by atoms with Crippen molar-refractivity contribution in [2.24, 2.45) is 11.8 Å². The van der Waals surface area contributed by atoms with E-state index in [2.05, 4.69) is 58.6 Å². The van der Waals surface area contributed by atoms with Gasteiger partial charge in [0.15, 0.2) is 0 Å². The summed E-state index contributed by atoms with van der Waals surface area (Å²) in [5, 5.41) is 0. The van der Waals surface area contributed by atoms with E-state index in [1.807, 2.05) is 0 Å². The van der Waals surface area contributed by atoms with Gasteiger partial charge in [-0.15, -0.1) is 0 Å². The zero-order valence-corrected chi connectivity index (χ0v) is 13.2. The molecule has 0 heterocycles. The van der Waals surface area contributed by atoms with Gasteiger partial charge in [0.1, 0.15) is 0 Å². The highest BCUT2D eigenvalue weighted by atomic mass is 14.2. The number of rotatable bonds is 6. The highest BCUT2D eigenvalue weighted by molar-refractivity contribution is 5.35. The maximum absolute atomic E-state index is 4.27. The van der Waals surface area contributed by atoms with Crippen LogP contribution < -0.4 is 0 Å². The third-order valence-corrected chi connectivity index (χ3v) is 4.16. The van der Waals surface area contributed by atoms with Gasteiger partial charge in [-0.05, 0) is 50.0 Å². The van der Waals surface area contributed by atoms with Gasteiger partial charge in [-0.25, -0.2) is 0 Å². The van der Waals surface area contributed by atoms with Gasteiger partial charge in [0.2, 0.25) is 0 Å². The van der Waals surface area contributed by atoms with Crippen LogP contribution in [0.3, 0.4) is 0 Å². The van der Waals surface area contributed by atoms with Gasteiger partial charge in [0, 0.05) is 0 Å². The van der Waals surface area contributed by atoms with E-state index in [1.165, 1.54) is 30.4 Å². The minimum atomic E-state index is 0.594. The summed E-state index contributed by atoms with van der Waals surface area (Å²) >= 11 is 0. The van der Waals surface area contributed by atoms with Crippen LogP contribution in [0.2, 0.25) is 0 Å². The first-order valence-electron chi connectivity index (χ1n) is 7.79. The molecule has 0 aliphatic heterocycles. The first-order valence-corrected chi connectivity index (χ1v) is 7.79. The molecule has 1 rings (SSSR count). The molecule has 2 atom stereocenters. The Morgan fingerprint density at radius 3 is 2.79 bits per heavy atom. The largest absolute Gasteiger partial charge is 0.0956 e. The molecule has 0 N–H and O–H groups in total. The Morgan fingerprint density at radius 1 is 1.47 bits per heavy atom. The standard InChI is InChI=1S/C19H30/c1-6-8-9-10-16(4)19-12-11-18(17(5)14-19)13-15(3)7-2/h6,8,13-15,17H,4,7,9-12H2,1-3,5H3/b8-6-,18-13-. The van der Waals surface area contributed by atoms with E-state index < -0.39 is 0 Å². The molecule has 0 aromatic heterocycles. The average Bonchev–Trinajstić information content (AvgIpc) is 2.41. The molecule has 2 unspecified atom stereocenters. The molecule has 0 fully saturated rings. The molecule has 0 radical (unpaired) electrons. The van der Waals surface area contributed by atoms with Gasteiger partial charge in [-0.3, -0.25) is 0 Å². The van der Waals surface area contributed by atoms with Crippen molar-refractivity contribution in [3.63, 3.8) is 0 Å². The Balaban J connectivity index is 2.63. The molecule has 19 heavy (non-hydrogen) atoms. The van der Waals surface area contributed by atoms with Crippen LogP contribution in [0.15, 0.2) is 47.6 Å². The third kappa shape index (κ3) is 5.22. The Kier molecular flexibility index (Phi) is 6.91. The second-order valence-corrected chi connectivity index (χ2v) is 5.82. The van der Waals surface area contributed by atoms with E-state index in [4.69, 9.17) is 0 Å². The van der Waals surface area contributed by atoms with Crippen LogP contribution in [0.4, 0.5) is 0 Å². The lowest BCUT2D eigenvalue weighted by Crippen LogP contribution is -2.07. The van der Waals surface area contributed by atoms with Gasteiger partial charge in [0.25, 0.3) is 0 Å². The van der Waals surface area contributed by atoms with E-state index in [9.17, 15) is 0 Å². The summed E-state index contributed by atoms with van der Waals surface area (Å²) in [5.74, 6) is 1.31. The van der Waals surface area contributed by atoms with Gasteiger partial charge in [-0.1, -0.05) is 69.2 Å². The summed E-state index contributed by atoms with van der Waals surface area (Å²) < 4.78 is 0. The van der Waals surface area contributed by atoms with Crippen molar-refractivity contribution < 1.29 is 0 Å². The summed E-state index contributed by atoms with van der Waals surface area (Å²) in [5.41, 5.74) is 4.46. The quantitative estimate of drug-likeness (QED) is 0.495. The number of hydrogen-bond donors (Lipinski definition) is 0. The lowest BCUT2D eigenvalue weighted by atomic mass is 9.82.